The van der Waals surface area contributed by atoms with Crippen molar-refractivity contribution < 1.29 is 14.3 Å². The number of amides is 1. The van der Waals surface area contributed by atoms with Gasteiger partial charge in [-0.2, -0.15) is 5.10 Å². The lowest BCUT2D eigenvalue weighted by Crippen LogP contribution is -2.16. The molecule has 2 N–H and O–H groups in total. The van der Waals surface area contributed by atoms with Crippen LogP contribution in [0.3, 0.4) is 0 Å². The van der Waals surface area contributed by atoms with E-state index in [2.05, 4.69) is 20.5 Å². The molecule has 9 heteroatoms. The normalized spacial score (nSPS) is 10.7. The van der Waals surface area contributed by atoms with Crippen LogP contribution in [0.5, 0.6) is 0 Å². The predicted molar refractivity (Wildman–Crippen MR) is 117 cm³/mol. The number of benzene rings is 2. The van der Waals surface area contributed by atoms with Crippen molar-refractivity contribution in [1.29, 1.82) is 0 Å². The number of aromatic amines is 1. The maximum Gasteiger partial charge on any atom is 0.359 e. The van der Waals surface area contributed by atoms with Crippen LogP contribution in [0.25, 0.3) is 10.8 Å². The van der Waals surface area contributed by atoms with Crippen molar-refractivity contribution in [3.05, 3.63) is 86.2 Å². The van der Waals surface area contributed by atoms with Gasteiger partial charge >= 0.3 is 5.97 Å². The highest BCUT2D eigenvalue weighted by Gasteiger charge is 2.16. The maximum atomic E-state index is 12.5. The number of carbonyl (C=O) groups excluding carboxylic acids is 2. The number of hydrogen-bond acceptors (Lipinski definition) is 7. The van der Waals surface area contributed by atoms with Crippen LogP contribution in [0.15, 0.2) is 58.7 Å². The first-order valence-corrected chi connectivity index (χ1v) is 10.3. The van der Waals surface area contributed by atoms with Gasteiger partial charge in [-0.3, -0.25) is 9.59 Å². The van der Waals surface area contributed by atoms with Gasteiger partial charge in [-0.15, -0.1) is 11.3 Å². The highest BCUT2D eigenvalue weighted by atomic mass is 32.1. The summed E-state index contributed by atoms with van der Waals surface area (Å²) in [5, 5.41) is 12.1. The maximum absolute atomic E-state index is 12.5. The molecule has 0 aliphatic heterocycles. The highest BCUT2D eigenvalue weighted by Crippen LogP contribution is 2.16. The van der Waals surface area contributed by atoms with Crippen molar-refractivity contribution in [3.63, 3.8) is 0 Å². The number of fused-ring (bicyclic) bond motifs is 1. The van der Waals surface area contributed by atoms with Crippen LogP contribution in [0, 0.1) is 6.92 Å². The van der Waals surface area contributed by atoms with Gasteiger partial charge in [0, 0.05) is 16.5 Å². The van der Waals surface area contributed by atoms with Crippen LogP contribution in [-0.4, -0.2) is 27.1 Å². The monoisotopic (exact) mass is 434 g/mol. The number of carbonyl (C=O) groups is 2. The number of hydrogen-bond donors (Lipinski definition) is 2. The van der Waals surface area contributed by atoms with Crippen LogP contribution in [0.2, 0.25) is 0 Å². The van der Waals surface area contributed by atoms with Crippen molar-refractivity contribution >= 4 is 39.7 Å². The van der Waals surface area contributed by atoms with E-state index >= 15 is 0 Å². The van der Waals surface area contributed by atoms with Crippen LogP contribution >= 0.6 is 11.3 Å². The minimum Gasteiger partial charge on any atom is -0.454 e. The van der Waals surface area contributed by atoms with Crippen LogP contribution in [-0.2, 0) is 22.6 Å². The van der Waals surface area contributed by atoms with Gasteiger partial charge in [-0.05, 0) is 25.1 Å². The summed E-state index contributed by atoms with van der Waals surface area (Å²) in [5.41, 5.74) is 2.03. The fourth-order valence-electron chi connectivity index (χ4n) is 2.95. The average Bonchev–Trinajstić information content (AvgIpc) is 3.21. The Morgan fingerprint density at radius 1 is 1.10 bits per heavy atom. The second kappa shape index (κ2) is 8.88. The summed E-state index contributed by atoms with van der Waals surface area (Å²) < 4.78 is 5.31. The molecule has 31 heavy (non-hydrogen) atoms. The number of nitrogens with zero attached hydrogens (tertiary/aromatic N) is 2. The Bertz CT molecular complexity index is 1310. The molecule has 0 aliphatic carbocycles. The van der Waals surface area contributed by atoms with Gasteiger partial charge in [-0.1, -0.05) is 35.9 Å². The number of anilines is 1. The fraction of sp³-hybridized carbons (Fsp3) is 0.136. The Morgan fingerprint density at radius 3 is 2.61 bits per heavy atom. The first-order chi connectivity index (χ1) is 15.0. The van der Waals surface area contributed by atoms with Crippen molar-refractivity contribution in [2.75, 3.05) is 5.32 Å². The van der Waals surface area contributed by atoms with Crippen molar-refractivity contribution in [2.24, 2.45) is 0 Å². The molecular weight excluding hydrogens is 416 g/mol. The standard InChI is InChI=1S/C22H18N4O4S/c1-13-6-8-14(9-7-13)23-18(27)10-19-24-15(12-31-19)11-30-22(29)20-16-4-2-3-5-17(16)21(28)26-25-20/h2-9,12H,10-11H2,1H3,(H,23,27)(H,26,28). The Morgan fingerprint density at radius 2 is 1.84 bits per heavy atom. The summed E-state index contributed by atoms with van der Waals surface area (Å²) in [7, 11) is 0. The van der Waals surface area contributed by atoms with E-state index in [1.54, 1.807) is 29.6 Å². The first-order valence-electron chi connectivity index (χ1n) is 9.44. The minimum absolute atomic E-state index is 0.0307. The molecule has 0 fully saturated rings. The zero-order valence-electron chi connectivity index (χ0n) is 16.5. The van der Waals surface area contributed by atoms with E-state index in [4.69, 9.17) is 4.74 Å². The van der Waals surface area contributed by atoms with E-state index in [0.29, 0.717) is 21.5 Å². The number of aromatic nitrogens is 3. The molecule has 1 amide bonds. The molecule has 0 bridgehead atoms. The topological polar surface area (TPSA) is 114 Å². The number of rotatable bonds is 6. The number of ether oxygens (including phenoxy) is 1. The SMILES string of the molecule is Cc1ccc(NC(=O)Cc2nc(COC(=O)c3n[nH]c(=O)c4ccccc34)cs2)cc1. The van der Waals surface area contributed by atoms with Gasteiger partial charge < -0.3 is 10.1 Å². The quantitative estimate of drug-likeness (QED) is 0.451. The van der Waals surface area contributed by atoms with Gasteiger partial charge in [0.15, 0.2) is 5.69 Å². The summed E-state index contributed by atoms with van der Waals surface area (Å²) in [6.07, 6.45) is 0.124. The molecule has 4 aromatic rings. The molecule has 0 spiro atoms. The molecule has 0 saturated carbocycles. The van der Waals surface area contributed by atoms with Crippen molar-refractivity contribution in [3.8, 4) is 0 Å². The van der Waals surface area contributed by atoms with Gasteiger partial charge in [0.2, 0.25) is 5.91 Å². The van der Waals surface area contributed by atoms with E-state index in [-0.39, 0.29) is 30.2 Å². The third-order valence-electron chi connectivity index (χ3n) is 4.49. The van der Waals surface area contributed by atoms with Crippen LogP contribution in [0.1, 0.15) is 26.8 Å². The van der Waals surface area contributed by atoms with Gasteiger partial charge in [0.05, 0.1) is 17.5 Å². The second-order valence-corrected chi connectivity index (χ2v) is 7.79. The first kappa shape index (κ1) is 20.4. The van der Waals surface area contributed by atoms with E-state index in [1.165, 1.54) is 11.3 Å². The molecule has 0 radical (unpaired) electrons. The fourth-order valence-corrected chi connectivity index (χ4v) is 3.73. The average molecular weight is 434 g/mol. The predicted octanol–water partition coefficient (Wildman–Crippen LogP) is 3.23. The van der Waals surface area contributed by atoms with Gasteiger partial charge in [-0.25, -0.2) is 14.9 Å². The van der Waals surface area contributed by atoms with Crippen LogP contribution < -0.4 is 10.9 Å². The second-order valence-electron chi connectivity index (χ2n) is 6.85. The van der Waals surface area contributed by atoms with Crippen molar-refractivity contribution in [1.82, 2.24) is 15.2 Å². The molecule has 0 atom stereocenters. The molecule has 0 unspecified atom stereocenters. The number of aryl methyl sites for hydroxylation is 1. The minimum atomic E-state index is -0.667. The lowest BCUT2D eigenvalue weighted by molar-refractivity contribution is -0.115. The smallest absolute Gasteiger partial charge is 0.359 e. The van der Waals surface area contributed by atoms with Crippen molar-refractivity contribution in [2.45, 2.75) is 20.0 Å². The summed E-state index contributed by atoms with van der Waals surface area (Å²) in [6, 6.07) is 14.2. The number of H-pyrrole nitrogens is 1. The molecule has 156 valence electrons. The van der Waals surface area contributed by atoms with Crippen LogP contribution in [0.4, 0.5) is 5.69 Å². The molecule has 4 rings (SSSR count). The highest BCUT2D eigenvalue weighted by molar-refractivity contribution is 7.09. The molecule has 2 aromatic heterocycles. The molecule has 8 nitrogen and oxygen atoms in total. The molecule has 2 heterocycles. The van der Waals surface area contributed by atoms with E-state index in [9.17, 15) is 14.4 Å². The summed E-state index contributed by atoms with van der Waals surface area (Å²) in [5.74, 6) is -0.843. The number of thiazole rings is 1. The Balaban J connectivity index is 1.37. The Hall–Kier alpha value is -3.85. The molecule has 0 aliphatic rings. The Kier molecular flexibility index (Phi) is 5.85. The number of nitrogens with one attached hydrogen (secondary N) is 2. The summed E-state index contributed by atoms with van der Waals surface area (Å²) in [6.45, 7) is 1.91. The molecule has 0 saturated heterocycles. The zero-order chi connectivity index (χ0) is 21.8. The third-order valence-corrected chi connectivity index (χ3v) is 5.38. The third kappa shape index (κ3) is 4.84. The lowest BCUT2D eigenvalue weighted by Gasteiger charge is -2.05. The Labute approximate surface area is 180 Å². The van der Waals surface area contributed by atoms with E-state index in [0.717, 1.165) is 11.3 Å². The summed E-state index contributed by atoms with van der Waals surface area (Å²) in [4.78, 5) is 40.9. The van der Waals surface area contributed by atoms with E-state index < -0.39 is 5.97 Å². The number of esters is 1. The lowest BCUT2D eigenvalue weighted by atomic mass is 10.1. The zero-order valence-corrected chi connectivity index (χ0v) is 17.4. The molecular formula is C22H18N4O4S. The summed E-state index contributed by atoms with van der Waals surface area (Å²) >= 11 is 1.32. The largest absolute Gasteiger partial charge is 0.454 e. The van der Waals surface area contributed by atoms with Gasteiger partial charge in [0.25, 0.3) is 5.56 Å². The van der Waals surface area contributed by atoms with E-state index in [1.807, 2.05) is 31.2 Å². The van der Waals surface area contributed by atoms with Gasteiger partial charge in [0.1, 0.15) is 11.6 Å². The molecule has 2 aromatic carbocycles.